The van der Waals surface area contributed by atoms with Crippen molar-refractivity contribution < 1.29 is 22.7 Å². The highest BCUT2D eigenvalue weighted by atomic mass is 32.2. The number of benzene rings is 1. The van der Waals surface area contributed by atoms with E-state index in [0.29, 0.717) is 39.3 Å². The van der Waals surface area contributed by atoms with Gasteiger partial charge in [-0.3, -0.25) is 14.5 Å². The second kappa shape index (κ2) is 8.48. The third-order valence-corrected chi connectivity index (χ3v) is 6.24. The highest BCUT2D eigenvalue weighted by Gasteiger charge is 2.37. The van der Waals surface area contributed by atoms with Crippen LogP contribution in [0.5, 0.6) is 5.75 Å². The van der Waals surface area contributed by atoms with Crippen LogP contribution in [0, 0.1) is 5.92 Å². The van der Waals surface area contributed by atoms with Gasteiger partial charge >= 0.3 is 0 Å². The molecule has 9 heteroatoms. The smallest absolute Gasteiger partial charge is 0.228 e. The first-order valence-corrected chi connectivity index (χ1v) is 11.5. The molecule has 2 saturated heterocycles. The molecule has 8 nitrogen and oxygen atoms in total. The normalized spacial score (nSPS) is 21.2. The van der Waals surface area contributed by atoms with Crippen molar-refractivity contribution in [3.05, 3.63) is 24.3 Å². The first-order valence-electron chi connectivity index (χ1n) is 9.40. The number of ether oxygens (including phenoxy) is 1. The Bertz CT molecular complexity index is 816. The van der Waals surface area contributed by atoms with E-state index < -0.39 is 9.84 Å². The molecule has 0 aliphatic carbocycles. The highest BCUT2D eigenvalue weighted by molar-refractivity contribution is 7.90. The van der Waals surface area contributed by atoms with Crippen LogP contribution in [0.4, 0.5) is 5.69 Å². The first-order chi connectivity index (χ1) is 13.3. The number of hydrogen-bond donors (Lipinski definition) is 0. The molecular weight excluding hydrogens is 382 g/mol. The summed E-state index contributed by atoms with van der Waals surface area (Å²) >= 11 is 0. The number of methoxy groups -OCH3 is 1. The van der Waals surface area contributed by atoms with Gasteiger partial charge in [-0.15, -0.1) is 0 Å². The predicted molar refractivity (Wildman–Crippen MR) is 106 cm³/mol. The minimum absolute atomic E-state index is 0.00660. The van der Waals surface area contributed by atoms with Crippen LogP contribution in [0.2, 0.25) is 0 Å². The van der Waals surface area contributed by atoms with Gasteiger partial charge in [0.15, 0.2) is 0 Å². The average molecular weight is 410 g/mol. The standard InChI is InChI=1S/C19H27N3O5S/c1-27-17-5-3-16(4-6-17)22-14-15(13-18(22)23)19(24)21-9-7-20(8-10-21)11-12-28(2,25)26/h3-6,15H,7-14H2,1-2H3. The van der Waals surface area contributed by atoms with Crippen LogP contribution in [0.15, 0.2) is 24.3 Å². The van der Waals surface area contributed by atoms with Gasteiger partial charge in [0.1, 0.15) is 15.6 Å². The van der Waals surface area contributed by atoms with Crippen LogP contribution in [-0.2, 0) is 19.4 Å². The number of nitrogens with zero attached hydrogens (tertiary/aromatic N) is 3. The van der Waals surface area contributed by atoms with E-state index in [9.17, 15) is 18.0 Å². The highest BCUT2D eigenvalue weighted by Crippen LogP contribution is 2.28. The Morgan fingerprint density at radius 2 is 1.79 bits per heavy atom. The third-order valence-electron chi connectivity index (χ3n) is 5.32. The zero-order valence-corrected chi connectivity index (χ0v) is 17.2. The molecule has 154 valence electrons. The number of piperazine rings is 1. The molecule has 1 aromatic carbocycles. The van der Waals surface area contributed by atoms with Crippen molar-refractivity contribution in [1.82, 2.24) is 9.80 Å². The van der Waals surface area contributed by atoms with Crippen LogP contribution in [0.3, 0.4) is 0 Å². The monoisotopic (exact) mass is 409 g/mol. The van der Waals surface area contributed by atoms with Gasteiger partial charge in [0, 0.05) is 57.6 Å². The zero-order chi connectivity index (χ0) is 20.3. The summed E-state index contributed by atoms with van der Waals surface area (Å²) in [4.78, 5) is 30.8. The fourth-order valence-corrected chi connectivity index (χ4v) is 4.22. The maximum absolute atomic E-state index is 12.9. The SMILES string of the molecule is COc1ccc(N2CC(C(=O)N3CCN(CCS(C)(=O)=O)CC3)CC2=O)cc1. The van der Waals surface area contributed by atoms with E-state index in [2.05, 4.69) is 4.90 Å². The predicted octanol–water partition coefficient (Wildman–Crippen LogP) is 0.237. The molecule has 2 fully saturated rings. The second-order valence-electron chi connectivity index (χ2n) is 7.40. The zero-order valence-electron chi connectivity index (χ0n) is 16.3. The number of anilines is 1. The molecule has 2 aliphatic heterocycles. The second-order valence-corrected chi connectivity index (χ2v) is 9.66. The molecule has 1 aromatic rings. The summed E-state index contributed by atoms with van der Waals surface area (Å²) in [7, 11) is -1.39. The maximum atomic E-state index is 12.9. The van der Waals surface area contributed by atoms with Gasteiger partial charge in [-0.05, 0) is 24.3 Å². The van der Waals surface area contributed by atoms with E-state index in [0.717, 1.165) is 11.4 Å². The van der Waals surface area contributed by atoms with Gasteiger partial charge in [0.2, 0.25) is 11.8 Å². The van der Waals surface area contributed by atoms with Crippen molar-refractivity contribution in [2.75, 3.05) is 63.3 Å². The molecule has 0 spiro atoms. The molecule has 0 aromatic heterocycles. The van der Waals surface area contributed by atoms with Gasteiger partial charge in [0.05, 0.1) is 18.8 Å². The van der Waals surface area contributed by atoms with Gasteiger partial charge in [-0.1, -0.05) is 0 Å². The van der Waals surface area contributed by atoms with E-state index in [1.54, 1.807) is 29.0 Å². The average Bonchev–Trinajstić information content (AvgIpc) is 3.07. The molecule has 2 aliphatic rings. The van der Waals surface area contributed by atoms with E-state index in [1.165, 1.54) is 6.26 Å². The first kappa shape index (κ1) is 20.6. The molecular formula is C19H27N3O5S. The Hall–Kier alpha value is -2.13. The van der Waals surface area contributed by atoms with Gasteiger partial charge in [0.25, 0.3) is 0 Å². The number of sulfone groups is 1. The van der Waals surface area contributed by atoms with Crippen LogP contribution >= 0.6 is 0 Å². The van der Waals surface area contributed by atoms with E-state index >= 15 is 0 Å². The largest absolute Gasteiger partial charge is 0.497 e. The Labute approximate surface area is 166 Å². The van der Waals surface area contributed by atoms with Crippen molar-refractivity contribution >= 4 is 27.3 Å². The third kappa shape index (κ3) is 5.02. The number of carbonyl (C=O) groups is 2. The molecule has 0 N–H and O–H groups in total. The fourth-order valence-electron chi connectivity index (χ4n) is 3.63. The fraction of sp³-hybridized carbons (Fsp3) is 0.579. The Morgan fingerprint density at radius 3 is 2.36 bits per heavy atom. The molecule has 3 rings (SSSR count). The Kier molecular flexibility index (Phi) is 6.24. The van der Waals surface area contributed by atoms with Crippen molar-refractivity contribution in [3.63, 3.8) is 0 Å². The van der Waals surface area contributed by atoms with Crippen LogP contribution in [0.25, 0.3) is 0 Å². The number of amides is 2. The van der Waals surface area contributed by atoms with Crippen molar-refractivity contribution in [2.24, 2.45) is 5.92 Å². The van der Waals surface area contributed by atoms with Gasteiger partial charge < -0.3 is 14.5 Å². The molecule has 1 atom stereocenters. The Balaban J connectivity index is 1.53. The lowest BCUT2D eigenvalue weighted by atomic mass is 10.1. The van der Waals surface area contributed by atoms with Crippen LogP contribution in [0.1, 0.15) is 6.42 Å². The summed E-state index contributed by atoms with van der Waals surface area (Å²) in [6, 6.07) is 7.25. The molecule has 2 heterocycles. The summed E-state index contributed by atoms with van der Waals surface area (Å²) < 4.78 is 27.7. The van der Waals surface area contributed by atoms with Crippen LogP contribution in [-0.4, -0.2) is 88.4 Å². The minimum Gasteiger partial charge on any atom is -0.497 e. The van der Waals surface area contributed by atoms with Gasteiger partial charge in [-0.25, -0.2) is 8.42 Å². The van der Waals surface area contributed by atoms with Crippen LogP contribution < -0.4 is 9.64 Å². The van der Waals surface area contributed by atoms with E-state index in [-0.39, 0.29) is 29.9 Å². The van der Waals surface area contributed by atoms with E-state index in [1.807, 2.05) is 12.1 Å². The van der Waals surface area contributed by atoms with E-state index in [4.69, 9.17) is 4.74 Å². The topological polar surface area (TPSA) is 87.2 Å². The summed E-state index contributed by atoms with van der Waals surface area (Å²) in [6.45, 7) is 3.33. The molecule has 0 radical (unpaired) electrons. The lowest BCUT2D eigenvalue weighted by Crippen LogP contribution is -2.51. The summed E-state index contributed by atoms with van der Waals surface area (Å²) in [5.41, 5.74) is 0.770. The Morgan fingerprint density at radius 1 is 1.14 bits per heavy atom. The number of carbonyl (C=O) groups excluding carboxylic acids is 2. The molecule has 0 saturated carbocycles. The quantitative estimate of drug-likeness (QED) is 0.669. The lowest BCUT2D eigenvalue weighted by Gasteiger charge is -2.35. The van der Waals surface area contributed by atoms with Crippen molar-refractivity contribution in [3.8, 4) is 5.75 Å². The summed E-state index contributed by atoms with van der Waals surface area (Å²) in [6.07, 6.45) is 1.46. The molecule has 0 bridgehead atoms. The maximum Gasteiger partial charge on any atom is 0.228 e. The summed E-state index contributed by atoms with van der Waals surface area (Å²) in [5.74, 6) is 0.478. The lowest BCUT2D eigenvalue weighted by molar-refractivity contribution is -0.137. The number of rotatable bonds is 6. The minimum atomic E-state index is -2.98. The number of hydrogen-bond acceptors (Lipinski definition) is 6. The molecule has 2 amide bonds. The summed E-state index contributed by atoms with van der Waals surface area (Å²) in [5, 5.41) is 0. The van der Waals surface area contributed by atoms with Crippen molar-refractivity contribution in [2.45, 2.75) is 6.42 Å². The van der Waals surface area contributed by atoms with Crippen molar-refractivity contribution in [1.29, 1.82) is 0 Å². The molecule has 28 heavy (non-hydrogen) atoms. The van der Waals surface area contributed by atoms with Gasteiger partial charge in [-0.2, -0.15) is 0 Å². The molecule has 1 unspecified atom stereocenters.